The maximum Gasteiger partial charge on any atom is 0.259 e. The lowest BCUT2D eigenvalue weighted by Crippen LogP contribution is -2.11. The van der Waals surface area contributed by atoms with Crippen LogP contribution in [0.1, 0.15) is 27.8 Å². The summed E-state index contributed by atoms with van der Waals surface area (Å²) >= 11 is 1.35. The molecule has 0 saturated carbocycles. The Kier molecular flexibility index (Phi) is 3.08. The molecule has 0 aliphatic heterocycles. The molecule has 0 radical (unpaired) electrons. The number of hydrogen-bond donors (Lipinski definition) is 1. The van der Waals surface area contributed by atoms with Gasteiger partial charge < -0.3 is 4.40 Å². The minimum absolute atomic E-state index is 0.0838. The fourth-order valence-electron chi connectivity index (χ4n) is 2.06. The van der Waals surface area contributed by atoms with Crippen molar-refractivity contribution in [1.29, 1.82) is 0 Å². The Morgan fingerprint density at radius 1 is 1.35 bits per heavy atom. The zero-order valence-corrected chi connectivity index (χ0v) is 11.5. The van der Waals surface area contributed by atoms with E-state index in [0.717, 1.165) is 0 Å². The SMILES string of the molecule is CC(=O)c1cc(C(=O)Nc2nccs2)c2ccccn12. The van der Waals surface area contributed by atoms with E-state index in [-0.39, 0.29) is 11.7 Å². The quantitative estimate of drug-likeness (QED) is 0.753. The van der Waals surface area contributed by atoms with E-state index in [1.165, 1.54) is 18.3 Å². The van der Waals surface area contributed by atoms with Gasteiger partial charge in [0, 0.05) is 24.7 Å². The van der Waals surface area contributed by atoms with E-state index >= 15 is 0 Å². The summed E-state index contributed by atoms with van der Waals surface area (Å²) in [7, 11) is 0. The molecular formula is C14H11N3O2S. The number of amides is 1. The van der Waals surface area contributed by atoms with E-state index in [9.17, 15) is 9.59 Å². The zero-order valence-electron chi connectivity index (χ0n) is 10.7. The van der Waals surface area contributed by atoms with Crippen molar-refractivity contribution >= 4 is 33.7 Å². The van der Waals surface area contributed by atoms with E-state index in [1.807, 2.05) is 18.2 Å². The molecule has 0 saturated heterocycles. The Labute approximate surface area is 118 Å². The molecule has 0 bridgehead atoms. The molecule has 0 aliphatic carbocycles. The second-order valence-corrected chi connectivity index (χ2v) is 5.14. The molecular weight excluding hydrogens is 274 g/mol. The molecule has 0 fully saturated rings. The van der Waals surface area contributed by atoms with Gasteiger partial charge in [0.05, 0.1) is 16.8 Å². The molecule has 6 heteroatoms. The highest BCUT2D eigenvalue weighted by molar-refractivity contribution is 7.13. The number of fused-ring (bicyclic) bond motifs is 1. The van der Waals surface area contributed by atoms with Crippen molar-refractivity contribution < 1.29 is 9.59 Å². The van der Waals surface area contributed by atoms with Crippen LogP contribution in [0.2, 0.25) is 0 Å². The van der Waals surface area contributed by atoms with Gasteiger partial charge in [-0.3, -0.25) is 14.9 Å². The highest BCUT2D eigenvalue weighted by Crippen LogP contribution is 2.20. The Morgan fingerprint density at radius 3 is 2.90 bits per heavy atom. The largest absolute Gasteiger partial charge is 0.313 e. The van der Waals surface area contributed by atoms with Gasteiger partial charge in [0.25, 0.3) is 5.91 Å². The lowest BCUT2D eigenvalue weighted by atomic mass is 10.2. The summed E-state index contributed by atoms with van der Waals surface area (Å²) in [4.78, 5) is 28.0. The monoisotopic (exact) mass is 285 g/mol. The van der Waals surface area contributed by atoms with Gasteiger partial charge in [-0.05, 0) is 18.2 Å². The predicted molar refractivity (Wildman–Crippen MR) is 77.5 cm³/mol. The Hall–Kier alpha value is -2.47. The minimum Gasteiger partial charge on any atom is -0.313 e. The molecule has 0 spiro atoms. The van der Waals surface area contributed by atoms with Crippen molar-refractivity contribution in [2.45, 2.75) is 6.92 Å². The van der Waals surface area contributed by atoms with Crippen LogP contribution in [-0.2, 0) is 0 Å². The summed E-state index contributed by atoms with van der Waals surface area (Å²) in [5.41, 5.74) is 1.66. The fraction of sp³-hybridized carbons (Fsp3) is 0.0714. The van der Waals surface area contributed by atoms with Crippen LogP contribution in [0.4, 0.5) is 5.13 Å². The fourth-order valence-corrected chi connectivity index (χ4v) is 2.58. The Balaban J connectivity index is 2.07. The van der Waals surface area contributed by atoms with Crippen molar-refractivity contribution in [3.63, 3.8) is 0 Å². The highest BCUT2D eigenvalue weighted by Gasteiger charge is 2.17. The van der Waals surface area contributed by atoms with Crippen LogP contribution in [0, 0.1) is 0 Å². The van der Waals surface area contributed by atoms with Gasteiger partial charge in [0.2, 0.25) is 0 Å². The molecule has 5 nitrogen and oxygen atoms in total. The first-order chi connectivity index (χ1) is 9.66. The average Bonchev–Trinajstić information content (AvgIpc) is 3.05. The normalized spacial score (nSPS) is 10.7. The third kappa shape index (κ3) is 2.10. The number of nitrogens with one attached hydrogen (secondary N) is 1. The van der Waals surface area contributed by atoms with Crippen molar-refractivity contribution in [3.8, 4) is 0 Å². The first-order valence-corrected chi connectivity index (χ1v) is 6.86. The third-order valence-electron chi connectivity index (χ3n) is 2.93. The second kappa shape index (κ2) is 4.90. The van der Waals surface area contributed by atoms with Gasteiger partial charge in [0.15, 0.2) is 10.9 Å². The summed E-state index contributed by atoms with van der Waals surface area (Å²) in [5, 5.41) is 5.05. The standard InChI is InChI=1S/C14H11N3O2S/c1-9(18)12-8-10(11-4-2-3-6-17(11)12)13(19)16-14-15-5-7-20-14/h2-8H,1H3,(H,15,16,19). The van der Waals surface area contributed by atoms with Crippen LogP contribution in [0.15, 0.2) is 42.0 Å². The topological polar surface area (TPSA) is 63.5 Å². The van der Waals surface area contributed by atoms with E-state index in [2.05, 4.69) is 10.3 Å². The number of carbonyl (C=O) groups excluding carboxylic acids is 2. The van der Waals surface area contributed by atoms with Gasteiger partial charge in [-0.25, -0.2) is 4.98 Å². The number of Topliss-reactive ketones (excluding diaryl/α,β-unsaturated/α-hetero) is 1. The molecule has 3 aromatic rings. The summed E-state index contributed by atoms with van der Waals surface area (Å²) in [6.07, 6.45) is 3.39. The second-order valence-electron chi connectivity index (χ2n) is 4.25. The number of anilines is 1. The lowest BCUT2D eigenvalue weighted by Gasteiger charge is -2.00. The summed E-state index contributed by atoms with van der Waals surface area (Å²) < 4.78 is 1.72. The van der Waals surface area contributed by atoms with Crippen molar-refractivity contribution in [1.82, 2.24) is 9.38 Å². The van der Waals surface area contributed by atoms with Gasteiger partial charge in [-0.15, -0.1) is 11.3 Å². The Bertz CT molecular complexity index is 790. The highest BCUT2D eigenvalue weighted by atomic mass is 32.1. The minimum atomic E-state index is -0.267. The smallest absolute Gasteiger partial charge is 0.259 e. The van der Waals surface area contributed by atoms with Crippen molar-refractivity contribution in [3.05, 3.63) is 53.3 Å². The number of rotatable bonds is 3. The molecule has 0 atom stereocenters. The molecule has 0 aliphatic rings. The van der Waals surface area contributed by atoms with Crippen LogP contribution in [0.25, 0.3) is 5.52 Å². The average molecular weight is 285 g/mol. The Morgan fingerprint density at radius 2 is 2.20 bits per heavy atom. The molecule has 3 heterocycles. The van der Waals surface area contributed by atoms with E-state index in [4.69, 9.17) is 0 Å². The lowest BCUT2D eigenvalue weighted by molar-refractivity contribution is 0.101. The molecule has 0 aromatic carbocycles. The molecule has 1 amide bonds. The van der Waals surface area contributed by atoms with Gasteiger partial charge in [-0.1, -0.05) is 6.07 Å². The molecule has 1 N–H and O–H groups in total. The first-order valence-electron chi connectivity index (χ1n) is 5.98. The molecule has 0 unspecified atom stereocenters. The molecule has 3 rings (SSSR count). The van der Waals surface area contributed by atoms with E-state index in [1.54, 1.807) is 28.2 Å². The van der Waals surface area contributed by atoms with Crippen LogP contribution >= 0.6 is 11.3 Å². The summed E-state index contributed by atoms with van der Waals surface area (Å²) in [6, 6.07) is 7.07. The molecule has 100 valence electrons. The maximum atomic E-state index is 12.3. The first kappa shape index (κ1) is 12.6. The number of thiazole rings is 1. The van der Waals surface area contributed by atoms with E-state index in [0.29, 0.717) is 21.9 Å². The summed E-state index contributed by atoms with van der Waals surface area (Å²) in [6.45, 7) is 1.48. The number of nitrogens with zero attached hydrogens (tertiary/aromatic N) is 2. The van der Waals surface area contributed by atoms with Crippen LogP contribution in [0.5, 0.6) is 0 Å². The van der Waals surface area contributed by atoms with E-state index < -0.39 is 0 Å². The predicted octanol–water partition coefficient (Wildman–Crippen LogP) is 2.85. The van der Waals surface area contributed by atoms with Crippen molar-refractivity contribution in [2.24, 2.45) is 0 Å². The van der Waals surface area contributed by atoms with Crippen molar-refractivity contribution in [2.75, 3.05) is 5.32 Å². The number of hydrogen-bond acceptors (Lipinski definition) is 4. The van der Waals surface area contributed by atoms with Gasteiger partial charge in [-0.2, -0.15) is 0 Å². The summed E-state index contributed by atoms with van der Waals surface area (Å²) in [5.74, 6) is -0.351. The van der Waals surface area contributed by atoms with Crippen LogP contribution in [0.3, 0.4) is 0 Å². The number of ketones is 1. The van der Waals surface area contributed by atoms with Crippen LogP contribution < -0.4 is 5.32 Å². The molecule has 3 aromatic heterocycles. The zero-order chi connectivity index (χ0) is 14.1. The van der Waals surface area contributed by atoms with Gasteiger partial charge >= 0.3 is 0 Å². The maximum absolute atomic E-state index is 12.3. The number of carbonyl (C=O) groups is 2. The molecule has 20 heavy (non-hydrogen) atoms. The third-order valence-corrected chi connectivity index (χ3v) is 3.62. The van der Waals surface area contributed by atoms with Gasteiger partial charge in [0.1, 0.15) is 0 Å². The van der Waals surface area contributed by atoms with Crippen LogP contribution in [-0.4, -0.2) is 21.1 Å². The number of pyridine rings is 1. The number of aromatic nitrogens is 2.